The lowest BCUT2D eigenvalue weighted by atomic mass is 10.5. The number of thiophene rings is 1. The average Bonchev–Trinajstić information content (AvgIpc) is 2.75. The van der Waals surface area contributed by atoms with Gasteiger partial charge in [-0.3, -0.25) is 0 Å². The van der Waals surface area contributed by atoms with E-state index in [0.717, 1.165) is 4.88 Å². The van der Waals surface area contributed by atoms with Gasteiger partial charge in [-0.1, -0.05) is 6.07 Å². The van der Waals surface area contributed by atoms with E-state index in [1.807, 2.05) is 17.5 Å². The molecule has 0 atom stereocenters. The molecule has 12 heavy (non-hydrogen) atoms. The molecule has 0 amide bonds. The molecule has 0 radical (unpaired) electrons. The Balaban J connectivity index is 2.35. The van der Waals surface area contributed by atoms with Crippen LogP contribution in [0.1, 0.15) is 0 Å². The lowest BCUT2D eigenvalue weighted by molar-refractivity contribution is 0.395. The minimum Gasteiger partial charge on any atom is -0.479 e. The van der Waals surface area contributed by atoms with Crippen molar-refractivity contribution in [2.75, 3.05) is 7.11 Å². The summed E-state index contributed by atoms with van der Waals surface area (Å²) in [5.41, 5.74) is 0. The van der Waals surface area contributed by atoms with Crippen LogP contribution in [-0.4, -0.2) is 12.1 Å². The molecule has 2 aromatic heterocycles. The van der Waals surface area contributed by atoms with Crippen LogP contribution in [-0.2, 0) is 0 Å². The second-order valence-electron chi connectivity index (χ2n) is 2.17. The van der Waals surface area contributed by atoms with Gasteiger partial charge in [-0.15, -0.1) is 11.3 Å². The smallest absolute Gasteiger partial charge is 0.253 e. The fourth-order valence-corrected chi connectivity index (χ4v) is 1.52. The monoisotopic (exact) mass is 181 g/mol. The SMILES string of the molecule is COc1coc(-c2cccs2)n1. The van der Waals surface area contributed by atoms with Gasteiger partial charge in [-0.2, -0.15) is 4.98 Å². The van der Waals surface area contributed by atoms with E-state index in [-0.39, 0.29) is 0 Å². The maximum Gasteiger partial charge on any atom is 0.253 e. The molecule has 3 nitrogen and oxygen atoms in total. The predicted octanol–water partition coefficient (Wildman–Crippen LogP) is 2.41. The maximum atomic E-state index is 5.17. The van der Waals surface area contributed by atoms with Gasteiger partial charge in [0.1, 0.15) is 0 Å². The Bertz CT molecular complexity index is 353. The molecule has 0 aliphatic rings. The zero-order chi connectivity index (χ0) is 8.39. The normalized spacial score (nSPS) is 10.1. The number of ether oxygens (including phenoxy) is 1. The van der Waals surface area contributed by atoms with E-state index in [1.165, 1.54) is 6.26 Å². The van der Waals surface area contributed by atoms with Gasteiger partial charge >= 0.3 is 0 Å². The molecule has 0 bridgehead atoms. The number of aromatic nitrogens is 1. The van der Waals surface area contributed by atoms with Crippen molar-refractivity contribution < 1.29 is 9.15 Å². The van der Waals surface area contributed by atoms with Gasteiger partial charge in [-0.05, 0) is 11.4 Å². The van der Waals surface area contributed by atoms with Crippen LogP contribution in [0.25, 0.3) is 10.8 Å². The Morgan fingerprint density at radius 1 is 1.58 bits per heavy atom. The summed E-state index contributed by atoms with van der Waals surface area (Å²) in [7, 11) is 1.57. The molecule has 0 aliphatic carbocycles. The van der Waals surface area contributed by atoms with Gasteiger partial charge in [0.05, 0.1) is 12.0 Å². The van der Waals surface area contributed by atoms with Crippen molar-refractivity contribution in [3.63, 3.8) is 0 Å². The van der Waals surface area contributed by atoms with Gasteiger partial charge in [-0.25, -0.2) is 0 Å². The van der Waals surface area contributed by atoms with Crippen molar-refractivity contribution in [2.45, 2.75) is 0 Å². The molecule has 2 rings (SSSR count). The van der Waals surface area contributed by atoms with Crippen molar-refractivity contribution in [2.24, 2.45) is 0 Å². The Hall–Kier alpha value is -1.29. The maximum absolute atomic E-state index is 5.17. The van der Waals surface area contributed by atoms with E-state index >= 15 is 0 Å². The molecule has 4 heteroatoms. The summed E-state index contributed by atoms with van der Waals surface area (Å²) in [6.07, 6.45) is 1.50. The van der Waals surface area contributed by atoms with Crippen LogP contribution >= 0.6 is 11.3 Å². The summed E-state index contributed by atoms with van der Waals surface area (Å²) in [4.78, 5) is 5.11. The van der Waals surface area contributed by atoms with Crippen LogP contribution in [0, 0.1) is 0 Å². The molecule has 2 heterocycles. The Labute approximate surface area is 73.6 Å². The zero-order valence-electron chi connectivity index (χ0n) is 6.48. The van der Waals surface area contributed by atoms with Crippen molar-refractivity contribution in [1.29, 1.82) is 0 Å². The highest BCUT2D eigenvalue weighted by molar-refractivity contribution is 7.13. The quantitative estimate of drug-likeness (QED) is 0.713. The fourth-order valence-electron chi connectivity index (χ4n) is 0.866. The third-order valence-corrected chi connectivity index (χ3v) is 2.28. The lowest BCUT2D eigenvalue weighted by Crippen LogP contribution is -1.80. The number of rotatable bonds is 2. The molecule has 0 saturated heterocycles. The molecule has 0 unspecified atom stereocenters. The Morgan fingerprint density at radius 2 is 2.50 bits per heavy atom. The average molecular weight is 181 g/mol. The summed E-state index contributed by atoms with van der Waals surface area (Å²) >= 11 is 1.59. The summed E-state index contributed by atoms with van der Waals surface area (Å²) in [5.74, 6) is 1.13. The van der Waals surface area contributed by atoms with E-state index in [0.29, 0.717) is 11.8 Å². The molecular formula is C8H7NO2S. The first-order valence-corrected chi connectivity index (χ1v) is 4.31. The summed E-state index contributed by atoms with van der Waals surface area (Å²) in [5, 5.41) is 1.98. The first-order valence-electron chi connectivity index (χ1n) is 3.43. The highest BCUT2D eigenvalue weighted by atomic mass is 32.1. The molecule has 62 valence electrons. The molecule has 0 saturated carbocycles. The minimum atomic E-state index is 0.512. The third kappa shape index (κ3) is 1.21. The van der Waals surface area contributed by atoms with E-state index in [9.17, 15) is 0 Å². The van der Waals surface area contributed by atoms with Gasteiger partial charge in [0.2, 0.25) is 5.89 Å². The number of nitrogens with zero attached hydrogens (tertiary/aromatic N) is 1. The molecule has 0 aromatic carbocycles. The van der Waals surface area contributed by atoms with Crippen LogP contribution < -0.4 is 4.74 Å². The van der Waals surface area contributed by atoms with Crippen LogP contribution in [0.3, 0.4) is 0 Å². The van der Waals surface area contributed by atoms with Crippen molar-refractivity contribution in [3.05, 3.63) is 23.8 Å². The first-order chi connectivity index (χ1) is 5.90. The van der Waals surface area contributed by atoms with E-state index in [4.69, 9.17) is 9.15 Å². The molecule has 0 spiro atoms. The number of oxazole rings is 1. The third-order valence-electron chi connectivity index (χ3n) is 1.42. The van der Waals surface area contributed by atoms with Crippen LogP contribution in [0.4, 0.5) is 0 Å². The standard InChI is InChI=1S/C8H7NO2S/c1-10-7-5-11-8(9-7)6-3-2-4-12-6/h2-5H,1H3. The Kier molecular flexibility index (Phi) is 1.83. The Morgan fingerprint density at radius 3 is 3.08 bits per heavy atom. The first kappa shape index (κ1) is 7.36. The van der Waals surface area contributed by atoms with Gasteiger partial charge in [0, 0.05) is 0 Å². The zero-order valence-corrected chi connectivity index (χ0v) is 7.30. The van der Waals surface area contributed by atoms with E-state index < -0.39 is 0 Å². The summed E-state index contributed by atoms with van der Waals surface area (Å²) in [6, 6.07) is 3.91. The fraction of sp³-hybridized carbons (Fsp3) is 0.125. The molecule has 2 aromatic rings. The van der Waals surface area contributed by atoms with Crippen LogP contribution in [0.5, 0.6) is 5.88 Å². The molecular weight excluding hydrogens is 174 g/mol. The van der Waals surface area contributed by atoms with Gasteiger partial charge in [0.15, 0.2) is 6.26 Å². The van der Waals surface area contributed by atoms with Crippen LogP contribution in [0.15, 0.2) is 28.2 Å². The number of methoxy groups -OCH3 is 1. The highest BCUT2D eigenvalue weighted by Crippen LogP contribution is 2.25. The van der Waals surface area contributed by atoms with Crippen molar-refractivity contribution in [1.82, 2.24) is 4.98 Å². The van der Waals surface area contributed by atoms with Gasteiger partial charge in [0.25, 0.3) is 5.88 Å². The second kappa shape index (κ2) is 2.98. The largest absolute Gasteiger partial charge is 0.479 e. The highest BCUT2D eigenvalue weighted by Gasteiger charge is 2.06. The second-order valence-corrected chi connectivity index (χ2v) is 3.12. The van der Waals surface area contributed by atoms with Crippen molar-refractivity contribution in [3.8, 4) is 16.6 Å². The summed E-state index contributed by atoms with van der Waals surface area (Å²) < 4.78 is 10.1. The van der Waals surface area contributed by atoms with E-state index in [2.05, 4.69) is 4.98 Å². The predicted molar refractivity (Wildman–Crippen MR) is 46.4 cm³/mol. The van der Waals surface area contributed by atoms with Crippen molar-refractivity contribution >= 4 is 11.3 Å². The number of hydrogen-bond acceptors (Lipinski definition) is 4. The van der Waals surface area contributed by atoms with Gasteiger partial charge < -0.3 is 9.15 Å². The molecule has 0 N–H and O–H groups in total. The molecule has 0 aliphatic heterocycles. The van der Waals surface area contributed by atoms with Crippen LogP contribution in [0.2, 0.25) is 0 Å². The topological polar surface area (TPSA) is 35.3 Å². The van der Waals surface area contributed by atoms with E-state index in [1.54, 1.807) is 18.4 Å². The lowest BCUT2D eigenvalue weighted by Gasteiger charge is -1.86. The number of hydrogen-bond donors (Lipinski definition) is 0. The molecule has 0 fully saturated rings. The minimum absolute atomic E-state index is 0.512. The summed E-state index contributed by atoms with van der Waals surface area (Å²) in [6.45, 7) is 0.